The van der Waals surface area contributed by atoms with E-state index in [0.717, 1.165) is 18.4 Å². The number of carbonyl (C=O) groups is 1. The van der Waals surface area contributed by atoms with Crippen molar-refractivity contribution < 1.29 is 14.1 Å². The molecule has 1 amide bonds. The van der Waals surface area contributed by atoms with E-state index in [-0.39, 0.29) is 18.5 Å². The third kappa shape index (κ3) is 5.99. The quantitative estimate of drug-likeness (QED) is 0.275. The lowest BCUT2D eigenvalue weighted by atomic mass is 10.0. The third-order valence-corrected chi connectivity index (χ3v) is 7.28. The second-order valence-electron chi connectivity index (χ2n) is 9.92. The number of nitrogens with zero attached hydrogens (tertiary/aromatic N) is 6. The summed E-state index contributed by atoms with van der Waals surface area (Å²) in [6.07, 6.45) is 6.59. The number of amides is 1. The molecule has 0 aliphatic carbocycles. The first-order valence-corrected chi connectivity index (χ1v) is 13.8. The van der Waals surface area contributed by atoms with Gasteiger partial charge in [-0.25, -0.2) is 4.98 Å². The highest BCUT2D eigenvalue weighted by Crippen LogP contribution is 2.31. The van der Waals surface area contributed by atoms with Gasteiger partial charge in [-0.15, -0.1) is 0 Å². The van der Waals surface area contributed by atoms with E-state index in [1.54, 1.807) is 49.8 Å². The zero-order valence-corrected chi connectivity index (χ0v) is 23.5. The van der Waals surface area contributed by atoms with Gasteiger partial charge in [0.2, 0.25) is 23.6 Å². The molecule has 2 N–H and O–H groups in total. The summed E-state index contributed by atoms with van der Waals surface area (Å²) in [5.41, 5.74) is 2.24. The van der Waals surface area contributed by atoms with Crippen molar-refractivity contribution >= 4 is 34.5 Å². The van der Waals surface area contributed by atoms with Crippen LogP contribution >= 0.6 is 11.6 Å². The van der Waals surface area contributed by atoms with Crippen molar-refractivity contribution in [2.75, 3.05) is 18.5 Å². The largest absolute Gasteiger partial charge is 0.381 e. The number of carbonyl (C=O) groups excluding carboxylic acids is 1. The highest BCUT2D eigenvalue weighted by molar-refractivity contribution is 6.33. The molecule has 0 spiro atoms. The fourth-order valence-electron chi connectivity index (χ4n) is 4.78. The van der Waals surface area contributed by atoms with E-state index in [4.69, 9.17) is 20.9 Å². The molecule has 1 saturated heterocycles. The monoisotopic (exact) mass is 586 g/mol. The first-order valence-electron chi connectivity index (χ1n) is 13.5. The number of aryl methyl sites for hydroxylation is 1. The van der Waals surface area contributed by atoms with Crippen LogP contribution in [0.3, 0.4) is 0 Å². The van der Waals surface area contributed by atoms with Gasteiger partial charge in [0.05, 0.1) is 0 Å². The molecule has 13 heteroatoms. The van der Waals surface area contributed by atoms with Crippen LogP contribution in [0, 0.1) is 6.92 Å². The number of halogens is 1. The Labute approximate surface area is 245 Å². The van der Waals surface area contributed by atoms with E-state index in [2.05, 4.69) is 35.7 Å². The highest BCUT2D eigenvalue weighted by atomic mass is 35.5. The van der Waals surface area contributed by atoms with Gasteiger partial charge in [-0.1, -0.05) is 28.9 Å². The molecule has 0 unspecified atom stereocenters. The summed E-state index contributed by atoms with van der Waals surface area (Å²) in [7, 11) is 0. The summed E-state index contributed by atoms with van der Waals surface area (Å²) in [6, 6.07) is 10.6. The average molecular weight is 587 g/mol. The van der Waals surface area contributed by atoms with Gasteiger partial charge in [0.15, 0.2) is 0 Å². The normalized spacial score (nSPS) is 13.8. The molecule has 5 aromatic rings. The predicted octanol–water partition coefficient (Wildman–Crippen LogP) is 3.77. The number of hydrogen-bond acceptors (Lipinski definition) is 10. The van der Waals surface area contributed by atoms with E-state index in [1.165, 1.54) is 4.57 Å². The molecular weight excluding hydrogens is 560 g/mol. The Morgan fingerprint density at radius 3 is 2.64 bits per heavy atom. The van der Waals surface area contributed by atoms with Gasteiger partial charge in [-0.3, -0.25) is 19.1 Å². The number of pyridine rings is 2. The Bertz CT molecular complexity index is 1800. The van der Waals surface area contributed by atoms with E-state index < -0.39 is 5.56 Å². The smallest absolute Gasteiger partial charge is 0.260 e. The molecule has 0 atom stereocenters. The second-order valence-corrected chi connectivity index (χ2v) is 10.3. The minimum atomic E-state index is -0.415. The molecule has 42 heavy (non-hydrogen) atoms. The lowest BCUT2D eigenvalue weighted by Gasteiger charge is -2.23. The van der Waals surface area contributed by atoms with Crippen LogP contribution in [0.4, 0.5) is 5.95 Å². The molecule has 0 saturated carbocycles. The van der Waals surface area contributed by atoms with Gasteiger partial charge < -0.3 is 19.9 Å². The van der Waals surface area contributed by atoms with E-state index in [0.29, 0.717) is 70.2 Å². The van der Waals surface area contributed by atoms with Crippen LogP contribution in [0.1, 0.15) is 24.3 Å². The average Bonchev–Trinajstić information content (AvgIpc) is 3.45. The molecule has 1 aliphatic rings. The number of nitrogens with one attached hydrogen (secondary N) is 2. The molecule has 214 valence electrons. The van der Waals surface area contributed by atoms with Crippen molar-refractivity contribution in [3.05, 3.63) is 81.8 Å². The number of aromatic nitrogens is 6. The first-order chi connectivity index (χ1) is 20.4. The van der Waals surface area contributed by atoms with Gasteiger partial charge in [0, 0.05) is 78.4 Å². The van der Waals surface area contributed by atoms with E-state index >= 15 is 0 Å². The lowest BCUT2D eigenvalue weighted by Crippen LogP contribution is -2.33. The summed E-state index contributed by atoms with van der Waals surface area (Å²) < 4.78 is 11.9. The van der Waals surface area contributed by atoms with Crippen molar-refractivity contribution in [2.24, 2.45) is 0 Å². The van der Waals surface area contributed by atoms with E-state index in [1.807, 2.05) is 12.1 Å². The SMILES string of the molecule is Cc1nc(-c2ccc(-c3cc4cnc(NC5CCOCC5)nc4n(CC(=O)NCc4ccncc4)c3=O)c(Cl)c2)no1. The fraction of sp³-hybridized carbons (Fsp3) is 0.276. The molecular formula is C29H27ClN8O4. The van der Waals surface area contributed by atoms with Crippen LogP contribution < -0.4 is 16.2 Å². The molecule has 0 bridgehead atoms. The van der Waals surface area contributed by atoms with Gasteiger partial charge in [-0.05, 0) is 42.7 Å². The maximum Gasteiger partial charge on any atom is 0.260 e. The number of anilines is 1. The Kier molecular flexibility index (Phi) is 7.89. The summed E-state index contributed by atoms with van der Waals surface area (Å²) in [5, 5.41) is 11.0. The molecule has 0 radical (unpaired) electrons. The van der Waals surface area contributed by atoms with Crippen molar-refractivity contribution in [2.45, 2.75) is 38.9 Å². The van der Waals surface area contributed by atoms with Crippen LogP contribution in [0.15, 0.2) is 64.3 Å². The minimum absolute atomic E-state index is 0.152. The summed E-state index contributed by atoms with van der Waals surface area (Å²) >= 11 is 6.68. The van der Waals surface area contributed by atoms with Gasteiger partial charge in [0.25, 0.3) is 5.56 Å². The topological polar surface area (TPSA) is 150 Å². The molecule has 1 fully saturated rings. The van der Waals surface area contributed by atoms with Crippen LogP contribution in [0.2, 0.25) is 5.02 Å². The number of fused-ring (bicyclic) bond motifs is 1. The van der Waals surface area contributed by atoms with Crippen LogP contribution in [-0.2, 0) is 22.6 Å². The van der Waals surface area contributed by atoms with Crippen LogP contribution in [0.25, 0.3) is 33.5 Å². The number of ether oxygens (including phenoxy) is 1. The van der Waals surface area contributed by atoms with Crippen LogP contribution in [-0.4, -0.2) is 54.8 Å². The first kappa shape index (κ1) is 27.5. The van der Waals surface area contributed by atoms with E-state index in [9.17, 15) is 9.59 Å². The highest BCUT2D eigenvalue weighted by Gasteiger charge is 2.20. The summed E-state index contributed by atoms with van der Waals surface area (Å²) in [5.74, 6) is 0.848. The molecule has 5 heterocycles. The van der Waals surface area contributed by atoms with Crippen molar-refractivity contribution in [3.8, 4) is 22.5 Å². The van der Waals surface area contributed by atoms with Crippen molar-refractivity contribution in [1.82, 2.24) is 35.0 Å². The molecule has 1 aliphatic heterocycles. The zero-order valence-electron chi connectivity index (χ0n) is 22.7. The van der Waals surface area contributed by atoms with Crippen molar-refractivity contribution in [1.29, 1.82) is 0 Å². The van der Waals surface area contributed by atoms with Crippen LogP contribution in [0.5, 0.6) is 0 Å². The number of rotatable bonds is 8. The number of hydrogen-bond donors (Lipinski definition) is 2. The van der Waals surface area contributed by atoms with Gasteiger partial charge in [-0.2, -0.15) is 9.97 Å². The van der Waals surface area contributed by atoms with Gasteiger partial charge >= 0.3 is 0 Å². The zero-order chi connectivity index (χ0) is 29.1. The molecule has 4 aromatic heterocycles. The Balaban J connectivity index is 1.37. The Hall–Kier alpha value is -4.68. The summed E-state index contributed by atoms with van der Waals surface area (Å²) in [6.45, 7) is 3.05. The fourth-order valence-corrected chi connectivity index (χ4v) is 5.06. The molecule has 12 nitrogen and oxygen atoms in total. The maximum absolute atomic E-state index is 14.0. The second kappa shape index (κ2) is 12.0. The lowest BCUT2D eigenvalue weighted by molar-refractivity contribution is -0.121. The van der Waals surface area contributed by atoms with Crippen molar-refractivity contribution in [3.63, 3.8) is 0 Å². The third-order valence-electron chi connectivity index (χ3n) is 6.97. The minimum Gasteiger partial charge on any atom is -0.381 e. The Morgan fingerprint density at radius 1 is 1.10 bits per heavy atom. The predicted molar refractivity (Wildman–Crippen MR) is 156 cm³/mol. The Morgan fingerprint density at radius 2 is 1.90 bits per heavy atom. The maximum atomic E-state index is 14.0. The molecule has 1 aromatic carbocycles. The summed E-state index contributed by atoms with van der Waals surface area (Å²) in [4.78, 5) is 44.5. The van der Waals surface area contributed by atoms with Gasteiger partial charge in [0.1, 0.15) is 12.2 Å². The molecule has 6 rings (SSSR count). The number of benzene rings is 1. The standard InChI is InChI=1S/C29H27ClN8O4/c1-17-34-26(37-42-17)19-2-3-22(24(30)13-19)23-12-20-15-33-29(35-21-6-10-41-11-7-21)36-27(20)38(28(23)40)16-25(39)32-14-18-4-8-31-9-5-18/h2-5,8-9,12-13,15,21H,6-7,10-11,14,16H2,1H3,(H,32,39)(H,33,35,36).